The lowest BCUT2D eigenvalue weighted by Gasteiger charge is -2.29. The van der Waals surface area contributed by atoms with Crippen LogP contribution in [0.15, 0.2) is 27.4 Å². The lowest BCUT2D eigenvalue weighted by atomic mass is 9.87. The molecule has 0 radical (unpaired) electrons. The van der Waals surface area contributed by atoms with E-state index >= 15 is 0 Å². The molecule has 0 aromatic carbocycles. The molecule has 6 heteroatoms. The minimum Gasteiger partial charge on any atom is -0.397 e. The molecule has 0 aromatic rings. The van der Waals surface area contributed by atoms with E-state index in [-0.39, 0.29) is 0 Å². The van der Waals surface area contributed by atoms with Crippen molar-refractivity contribution in [2.45, 2.75) is 70.0 Å². The summed E-state index contributed by atoms with van der Waals surface area (Å²) >= 11 is 3.44. The third-order valence-corrected chi connectivity index (χ3v) is 9.18. The van der Waals surface area contributed by atoms with Gasteiger partial charge in [0, 0.05) is 5.71 Å². The number of hydrogen-bond acceptors (Lipinski definition) is 4. The van der Waals surface area contributed by atoms with Crippen LogP contribution in [-0.4, -0.2) is 24.6 Å². The maximum absolute atomic E-state index is 12.7. The number of nitrogens with zero attached hydrogens (tertiary/aromatic N) is 1. The SMILES string of the molecule is CCC1(CC)CCC(C/C2=N/C(Br)=C(/N)C=CCC2)CCS1(=O)=O. The van der Waals surface area contributed by atoms with E-state index in [0.717, 1.165) is 57.1 Å². The van der Waals surface area contributed by atoms with Crippen molar-refractivity contribution in [2.75, 3.05) is 5.75 Å². The van der Waals surface area contributed by atoms with E-state index in [1.54, 1.807) is 0 Å². The van der Waals surface area contributed by atoms with Crippen LogP contribution in [0.1, 0.15) is 65.2 Å². The monoisotopic (exact) mass is 416 g/mol. The summed E-state index contributed by atoms with van der Waals surface area (Å²) in [6.45, 7) is 4.02. The first-order chi connectivity index (χ1) is 11.3. The number of hydrogen-bond donors (Lipinski definition) is 1. The highest BCUT2D eigenvalue weighted by atomic mass is 79.9. The van der Waals surface area contributed by atoms with Crippen molar-refractivity contribution in [3.63, 3.8) is 0 Å². The lowest BCUT2D eigenvalue weighted by molar-refractivity contribution is 0.407. The summed E-state index contributed by atoms with van der Waals surface area (Å²) in [4.78, 5) is 4.64. The van der Waals surface area contributed by atoms with Crippen LogP contribution in [0.3, 0.4) is 0 Å². The summed E-state index contributed by atoms with van der Waals surface area (Å²) in [6, 6.07) is 0. The van der Waals surface area contributed by atoms with Crippen LogP contribution < -0.4 is 5.73 Å². The second-order valence-electron chi connectivity index (χ2n) is 6.97. The van der Waals surface area contributed by atoms with Crippen molar-refractivity contribution >= 4 is 31.5 Å². The topological polar surface area (TPSA) is 72.5 Å². The second-order valence-corrected chi connectivity index (χ2v) is 10.2. The Morgan fingerprint density at radius 3 is 2.71 bits per heavy atom. The third-order valence-electron chi connectivity index (χ3n) is 5.67. The minimum absolute atomic E-state index is 0.311. The first-order valence-corrected chi connectivity index (χ1v) is 11.4. The highest BCUT2D eigenvalue weighted by Crippen LogP contribution is 2.38. The largest absolute Gasteiger partial charge is 0.397 e. The number of allylic oxidation sites excluding steroid dienone is 2. The lowest BCUT2D eigenvalue weighted by Crippen LogP contribution is -2.37. The fourth-order valence-electron chi connectivity index (χ4n) is 3.82. The molecule has 24 heavy (non-hydrogen) atoms. The Morgan fingerprint density at radius 1 is 1.33 bits per heavy atom. The quantitative estimate of drug-likeness (QED) is 0.687. The maximum atomic E-state index is 12.7. The molecule has 1 saturated heterocycles. The van der Waals surface area contributed by atoms with Gasteiger partial charge in [-0.15, -0.1) is 0 Å². The van der Waals surface area contributed by atoms with Crippen LogP contribution in [0.25, 0.3) is 0 Å². The number of aliphatic imine (C=N–C) groups is 1. The Hall–Kier alpha value is -0.620. The van der Waals surface area contributed by atoms with E-state index in [9.17, 15) is 8.42 Å². The zero-order chi connectivity index (χ0) is 17.8. The summed E-state index contributed by atoms with van der Waals surface area (Å²) in [5, 5.41) is 0. The summed E-state index contributed by atoms with van der Waals surface area (Å²) < 4.78 is 25.7. The normalized spacial score (nSPS) is 32.3. The molecule has 2 aliphatic heterocycles. The standard InChI is InChI=1S/C18H29BrN2O2S/c1-3-18(4-2)11-9-14(10-12-24(18,22)23)13-15-7-5-6-8-16(20)17(19)21-15/h6,8,14H,3-5,7,9-13,20H2,1-2H3/b8-6?,17-16+,21-15+. The van der Waals surface area contributed by atoms with Gasteiger partial charge < -0.3 is 5.73 Å². The summed E-state index contributed by atoms with van der Waals surface area (Å²) in [7, 11) is -3.02. The molecule has 2 rings (SSSR count). The van der Waals surface area contributed by atoms with Crippen molar-refractivity contribution in [3.05, 3.63) is 22.5 Å². The van der Waals surface area contributed by atoms with Crippen LogP contribution in [0.4, 0.5) is 0 Å². The fourth-order valence-corrected chi connectivity index (χ4v) is 6.59. The zero-order valence-corrected chi connectivity index (χ0v) is 17.1. The molecular formula is C18H29BrN2O2S. The van der Waals surface area contributed by atoms with Crippen LogP contribution >= 0.6 is 15.9 Å². The number of halogens is 1. The predicted molar refractivity (Wildman–Crippen MR) is 105 cm³/mol. The van der Waals surface area contributed by atoms with Gasteiger partial charge in [0.15, 0.2) is 9.84 Å². The smallest absolute Gasteiger partial charge is 0.155 e. The van der Waals surface area contributed by atoms with Crippen molar-refractivity contribution in [1.29, 1.82) is 0 Å². The Kier molecular flexibility index (Phi) is 6.71. The fraction of sp³-hybridized carbons (Fsp3) is 0.722. The van der Waals surface area contributed by atoms with Gasteiger partial charge in [0.1, 0.15) is 4.61 Å². The Morgan fingerprint density at radius 2 is 2.04 bits per heavy atom. The van der Waals surface area contributed by atoms with Crippen LogP contribution in [-0.2, 0) is 9.84 Å². The van der Waals surface area contributed by atoms with Gasteiger partial charge in [-0.2, -0.15) is 0 Å². The number of sulfone groups is 1. The first kappa shape index (κ1) is 19.7. The van der Waals surface area contributed by atoms with Gasteiger partial charge in [0.05, 0.1) is 16.2 Å². The van der Waals surface area contributed by atoms with E-state index in [0.29, 0.717) is 22.0 Å². The summed E-state index contributed by atoms with van der Waals surface area (Å²) in [5.74, 6) is 0.703. The van der Waals surface area contributed by atoms with Crippen LogP contribution in [0.5, 0.6) is 0 Å². The third kappa shape index (κ3) is 4.31. The molecular weight excluding hydrogens is 388 g/mol. The molecule has 136 valence electrons. The van der Waals surface area contributed by atoms with Gasteiger partial charge in [-0.05, 0) is 79.3 Å². The highest BCUT2D eigenvalue weighted by molar-refractivity contribution is 9.11. The molecule has 2 aliphatic rings. The Labute approximate surface area is 154 Å². The summed E-state index contributed by atoms with van der Waals surface area (Å²) in [5.41, 5.74) is 7.70. The number of rotatable bonds is 4. The van der Waals surface area contributed by atoms with E-state index in [4.69, 9.17) is 5.73 Å². The highest BCUT2D eigenvalue weighted by Gasteiger charge is 2.42. The maximum Gasteiger partial charge on any atom is 0.155 e. The Bertz CT molecular complexity index is 646. The molecule has 1 atom stereocenters. The summed E-state index contributed by atoms with van der Waals surface area (Å²) in [6.07, 6.45) is 10.6. The molecule has 0 amide bonds. The van der Waals surface area contributed by atoms with Gasteiger partial charge in [-0.1, -0.05) is 19.9 Å². The molecule has 0 aromatic heterocycles. The average Bonchev–Trinajstić information content (AvgIpc) is 2.67. The number of nitrogens with two attached hydrogens (primary N) is 1. The molecule has 2 N–H and O–H groups in total. The molecule has 2 heterocycles. The van der Waals surface area contributed by atoms with Gasteiger partial charge in [0.25, 0.3) is 0 Å². The Balaban J connectivity index is 2.14. The average molecular weight is 417 g/mol. The van der Waals surface area contributed by atoms with Crippen molar-refractivity contribution in [1.82, 2.24) is 0 Å². The van der Waals surface area contributed by atoms with Gasteiger partial charge >= 0.3 is 0 Å². The molecule has 0 spiro atoms. The van der Waals surface area contributed by atoms with E-state index in [1.807, 2.05) is 19.9 Å². The van der Waals surface area contributed by atoms with E-state index < -0.39 is 14.6 Å². The first-order valence-electron chi connectivity index (χ1n) is 8.94. The molecule has 0 aliphatic carbocycles. The predicted octanol–water partition coefficient (Wildman–Crippen LogP) is 4.46. The molecule has 0 bridgehead atoms. The van der Waals surface area contributed by atoms with Gasteiger partial charge in [-0.3, -0.25) is 0 Å². The molecule has 0 saturated carbocycles. The van der Waals surface area contributed by atoms with Crippen LogP contribution in [0, 0.1) is 5.92 Å². The van der Waals surface area contributed by atoms with Gasteiger partial charge in [-0.25, -0.2) is 13.4 Å². The molecule has 1 unspecified atom stereocenters. The van der Waals surface area contributed by atoms with Crippen molar-refractivity contribution in [2.24, 2.45) is 16.6 Å². The second kappa shape index (κ2) is 8.17. The van der Waals surface area contributed by atoms with Gasteiger partial charge in [0.2, 0.25) is 0 Å². The van der Waals surface area contributed by atoms with Crippen molar-refractivity contribution < 1.29 is 8.42 Å². The zero-order valence-electron chi connectivity index (χ0n) is 14.7. The van der Waals surface area contributed by atoms with Crippen molar-refractivity contribution in [3.8, 4) is 0 Å². The minimum atomic E-state index is -3.02. The van der Waals surface area contributed by atoms with E-state index in [2.05, 4.69) is 27.0 Å². The van der Waals surface area contributed by atoms with E-state index in [1.165, 1.54) is 0 Å². The molecule has 1 fully saturated rings. The molecule has 4 nitrogen and oxygen atoms in total. The van der Waals surface area contributed by atoms with Crippen LogP contribution in [0.2, 0.25) is 0 Å².